The number of carboxylic acids is 2. The molecule has 9 fully saturated rings. The molecule has 29 heteroatoms. The van der Waals surface area contributed by atoms with E-state index in [9.17, 15) is 91.3 Å². The van der Waals surface area contributed by atoms with Crippen LogP contribution in [0.25, 0.3) is 0 Å². The lowest BCUT2D eigenvalue weighted by Gasteiger charge is -2.71. The first-order valence-corrected chi connectivity index (χ1v) is 30.2. The topological polar surface area (TPSA) is 467 Å². The number of carboxylic acid groups (broad SMARTS) is 2. The maximum atomic E-state index is 15.7. The molecule has 0 amide bonds. The van der Waals surface area contributed by atoms with Crippen LogP contribution in [0.3, 0.4) is 0 Å². The van der Waals surface area contributed by atoms with Gasteiger partial charge >= 0.3 is 17.9 Å². The molecule has 5 aliphatic heterocycles. The molecule has 5 saturated heterocycles. The highest BCUT2D eigenvalue weighted by Gasteiger charge is 2.74. The van der Waals surface area contributed by atoms with Crippen LogP contribution in [0.4, 0.5) is 0 Å². The van der Waals surface area contributed by atoms with Crippen LogP contribution >= 0.6 is 0 Å². The molecule has 5 aliphatic carbocycles. The third-order valence-corrected chi connectivity index (χ3v) is 22.7. The number of hydrogen-bond acceptors (Lipinski definition) is 27. The van der Waals surface area contributed by atoms with Crippen molar-refractivity contribution in [3.8, 4) is 0 Å². The molecule has 10 aliphatic rings. The average Bonchev–Trinajstić information content (AvgIpc) is 0.689. The number of allylic oxidation sites excluding steroid dienone is 2. The fraction of sp³-hybridized carbons (Fsp3) is 0.914. The summed E-state index contributed by atoms with van der Waals surface area (Å²) in [4.78, 5) is 41.4. The third kappa shape index (κ3) is 10.8. The van der Waals surface area contributed by atoms with E-state index in [0.717, 1.165) is 5.57 Å². The zero-order valence-corrected chi connectivity index (χ0v) is 49.9. The maximum absolute atomic E-state index is 15.7. The van der Waals surface area contributed by atoms with Gasteiger partial charge < -0.3 is 129 Å². The lowest BCUT2D eigenvalue weighted by molar-refractivity contribution is -0.388. The van der Waals surface area contributed by atoms with Crippen molar-refractivity contribution in [1.29, 1.82) is 0 Å². The van der Waals surface area contributed by atoms with Gasteiger partial charge in [0, 0.05) is 0 Å². The fourth-order valence-corrected chi connectivity index (χ4v) is 17.5. The Balaban J connectivity index is 0.917. The summed E-state index contributed by atoms with van der Waals surface area (Å²) in [6, 6.07) is 0. The number of ether oxygens (including phenoxy) is 10. The van der Waals surface area contributed by atoms with Gasteiger partial charge in [0.1, 0.15) is 97.0 Å². The summed E-state index contributed by atoms with van der Waals surface area (Å²) in [5.41, 5.74) is -5.70. The molecule has 496 valence electrons. The van der Waals surface area contributed by atoms with Crippen molar-refractivity contribution in [3.05, 3.63) is 11.6 Å². The molecule has 87 heavy (non-hydrogen) atoms. The van der Waals surface area contributed by atoms with Gasteiger partial charge in [0.05, 0.1) is 43.0 Å². The van der Waals surface area contributed by atoms with Crippen LogP contribution < -0.4 is 0 Å². The number of aliphatic carboxylic acids is 2. The fourth-order valence-electron chi connectivity index (χ4n) is 17.5. The van der Waals surface area contributed by atoms with Gasteiger partial charge in [-0.15, -0.1) is 0 Å². The summed E-state index contributed by atoms with van der Waals surface area (Å²) >= 11 is 0. The smallest absolute Gasteiger partial charge is 0.335 e. The SMILES string of the molecule is C[C@@H]1O[C@@H](O[C@H]2[C@H](OC(=O)[C@]34CCC(C)(C)CC3C3=CC[C@@H]5[C@@]6(C)C[C@H](O)[C@H](O[C@@H]7O[C@H](C(=O)O)[C@@H](O)[C@H](O)[C@H]7O)[C@@](C)(C(=O)O)C6CC[C@@]5(C)[C@]3(C)C[C@H]4O)O[C@@H](C)[C@H](O)[C@H]2O)[C@H](O[C@@H]2OC[C@@H](O)[C@H](O[C@@H]3OC[C@@H](O)[C@H](O)[C@H]3O)[C@H]2O)[C@H](O)[C@H]1O. The molecule has 0 aromatic carbocycles. The molecule has 0 bridgehead atoms. The zero-order valence-electron chi connectivity index (χ0n) is 49.9. The van der Waals surface area contributed by atoms with Gasteiger partial charge in [0.25, 0.3) is 0 Å². The Kier molecular flexibility index (Phi) is 18.5. The van der Waals surface area contributed by atoms with Gasteiger partial charge in [0.15, 0.2) is 37.4 Å². The minimum absolute atomic E-state index is 0.00646. The van der Waals surface area contributed by atoms with Crippen LogP contribution in [0.15, 0.2) is 11.6 Å². The van der Waals surface area contributed by atoms with E-state index in [0.29, 0.717) is 25.7 Å². The first-order chi connectivity index (χ1) is 40.5. The second-order valence-corrected chi connectivity index (χ2v) is 28.2. The van der Waals surface area contributed by atoms with Crippen LogP contribution in [0.2, 0.25) is 0 Å². The first-order valence-electron chi connectivity index (χ1n) is 30.2. The van der Waals surface area contributed by atoms with Gasteiger partial charge in [-0.25, -0.2) is 4.79 Å². The molecule has 34 atom stereocenters. The standard InChI is InChI=1S/C58H90O29/c1-20-30(63)34(67)42(84-47-39(72)40(26(61)19-79-47)82-46-37(70)32(65)25(60)18-78-46)49(80-20)85-43-35(68)31(64)21(2)81-50(43)87-52(77)58-14-13-53(3,4)15-23(58)22-9-10-27-54(5)16-24(59)44(86-48-38(71)33(66)36(69)41(83-48)45(73)74)57(8,51(75)76)28(54)11-12-55(27,6)56(22,7)17-29(58)62/h9,20-21,23-44,46-50,59-72H,10-19H2,1-8H3,(H,73,74)(H,75,76)/t20-,21-,23?,24-,25+,26+,27+,28?,29+,30-,31-,32-,33-,34+,35+,36-,37+,38+,39+,40-,41-,42+,43+,44-,46-,47-,48-,49-,50-,54+,55+,56+,57-,58+/m0/s1. The van der Waals surface area contributed by atoms with Crippen molar-refractivity contribution in [2.45, 2.75) is 266 Å². The minimum Gasteiger partial charge on any atom is -0.481 e. The number of aliphatic hydroxyl groups excluding tert-OH is 14. The number of esters is 1. The number of rotatable bonds is 12. The van der Waals surface area contributed by atoms with Crippen molar-refractivity contribution in [3.63, 3.8) is 0 Å². The Bertz CT molecular complexity index is 2560. The summed E-state index contributed by atoms with van der Waals surface area (Å²) in [6.07, 6.45) is -41.4. The number of fused-ring (bicyclic) bond motifs is 7. The summed E-state index contributed by atoms with van der Waals surface area (Å²) in [5, 5.41) is 177. The highest BCUT2D eigenvalue weighted by atomic mass is 16.8. The van der Waals surface area contributed by atoms with Crippen LogP contribution in [-0.2, 0) is 61.8 Å². The van der Waals surface area contributed by atoms with Crippen LogP contribution in [0, 0.1) is 50.2 Å². The quantitative estimate of drug-likeness (QED) is 0.0506. The van der Waals surface area contributed by atoms with E-state index in [4.69, 9.17) is 47.4 Å². The molecule has 0 aromatic rings. The number of carbonyl (C=O) groups excluding carboxylic acids is 1. The van der Waals surface area contributed by atoms with Gasteiger partial charge in [0.2, 0.25) is 6.29 Å². The Hall–Kier alpha value is -2.77. The normalized spacial score (nSPS) is 55.0. The summed E-state index contributed by atoms with van der Waals surface area (Å²) < 4.78 is 58.9. The van der Waals surface area contributed by atoms with Gasteiger partial charge in [-0.2, -0.15) is 0 Å². The third-order valence-electron chi connectivity index (χ3n) is 22.7. The Labute approximate surface area is 501 Å². The zero-order chi connectivity index (χ0) is 63.9. The summed E-state index contributed by atoms with van der Waals surface area (Å²) in [6.45, 7) is 13.3. The predicted molar refractivity (Wildman–Crippen MR) is 286 cm³/mol. The summed E-state index contributed by atoms with van der Waals surface area (Å²) in [7, 11) is 0. The van der Waals surface area contributed by atoms with Crippen molar-refractivity contribution in [1.82, 2.24) is 0 Å². The predicted octanol–water partition coefficient (Wildman–Crippen LogP) is -3.78. The summed E-state index contributed by atoms with van der Waals surface area (Å²) in [5.74, 6) is -5.74. The van der Waals surface area contributed by atoms with Crippen molar-refractivity contribution in [2.24, 2.45) is 50.2 Å². The largest absolute Gasteiger partial charge is 0.481 e. The monoisotopic (exact) mass is 1250 g/mol. The van der Waals surface area contributed by atoms with Crippen molar-refractivity contribution >= 4 is 17.9 Å². The van der Waals surface area contributed by atoms with E-state index in [1.54, 1.807) is 0 Å². The van der Waals surface area contributed by atoms with E-state index >= 15 is 4.79 Å². The molecule has 0 aromatic heterocycles. The molecular weight excluding hydrogens is 1160 g/mol. The Morgan fingerprint density at radius 2 is 1.09 bits per heavy atom. The van der Waals surface area contributed by atoms with E-state index in [-0.39, 0.29) is 31.6 Å². The second-order valence-electron chi connectivity index (χ2n) is 28.2. The first kappa shape index (κ1) is 67.1. The lowest BCUT2D eigenvalue weighted by Crippen LogP contribution is -2.71. The number of aliphatic hydroxyl groups is 14. The Morgan fingerprint density at radius 3 is 1.71 bits per heavy atom. The molecule has 16 N–H and O–H groups in total. The molecule has 4 saturated carbocycles. The van der Waals surface area contributed by atoms with E-state index in [1.165, 1.54) is 20.8 Å². The van der Waals surface area contributed by atoms with Gasteiger partial charge in [-0.05, 0) is 112 Å². The van der Waals surface area contributed by atoms with E-state index in [1.807, 2.05) is 13.8 Å². The highest BCUT2D eigenvalue weighted by Crippen LogP contribution is 2.76. The second kappa shape index (κ2) is 24.0. The van der Waals surface area contributed by atoms with E-state index in [2.05, 4.69) is 26.8 Å². The molecule has 29 nitrogen and oxygen atoms in total. The number of carbonyl (C=O) groups is 3. The van der Waals surface area contributed by atoms with Crippen molar-refractivity contribution in [2.75, 3.05) is 13.2 Å². The molecule has 0 radical (unpaired) electrons. The molecule has 10 rings (SSSR count). The highest BCUT2D eigenvalue weighted by molar-refractivity contribution is 5.80. The van der Waals surface area contributed by atoms with Gasteiger partial charge in [-0.1, -0.05) is 46.3 Å². The van der Waals surface area contributed by atoms with Crippen LogP contribution in [0.1, 0.15) is 107 Å². The molecular formula is C58H90O29. The van der Waals surface area contributed by atoms with Crippen LogP contribution in [0.5, 0.6) is 0 Å². The van der Waals surface area contributed by atoms with Crippen LogP contribution in [-0.4, -0.2) is 272 Å². The lowest BCUT2D eigenvalue weighted by atomic mass is 9.33. The maximum Gasteiger partial charge on any atom is 0.335 e. The van der Waals surface area contributed by atoms with Gasteiger partial charge in [-0.3, -0.25) is 9.59 Å². The molecule has 5 heterocycles. The molecule has 0 spiro atoms. The minimum atomic E-state index is -2.05. The average molecular weight is 1250 g/mol. The Morgan fingerprint density at radius 1 is 0.529 bits per heavy atom. The van der Waals surface area contributed by atoms with E-state index < -0.39 is 235 Å². The molecule has 2 unspecified atom stereocenters. The van der Waals surface area contributed by atoms with Crippen molar-refractivity contribution < 1.29 is 143 Å². The number of hydrogen-bond donors (Lipinski definition) is 16.